The van der Waals surface area contributed by atoms with E-state index in [4.69, 9.17) is 11.6 Å². The van der Waals surface area contributed by atoms with Gasteiger partial charge in [0.1, 0.15) is 6.17 Å². The molecule has 1 N–H and O–H groups in total. The third-order valence-electron chi connectivity index (χ3n) is 5.06. The van der Waals surface area contributed by atoms with Crippen LogP contribution in [0.3, 0.4) is 0 Å². The third-order valence-corrected chi connectivity index (χ3v) is 5.30. The van der Waals surface area contributed by atoms with Crippen LogP contribution in [0.4, 0.5) is 11.4 Å². The van der Waals surface area contributed by atoms with E-state index in [1.54, 1.807) is 36.4 Å². The monoisotopic (exact) mass is 369 g/mol. The minimum Gasteiger partial charge on any atom is -0.351 e. The Bertz CT molecular complexity index is 883. The molecule has 1 saturated heterocycles. The maximum absolute atomic E-state index is 12.8. The van der Waals surface area contributed by atoms with E-state index in [2.05, 4.69) is 17.1 Å². The zero-order chi connectivity index (χ0) is 18.3. The van der Waals surface area contributed by atoms with Crippen LogP contribution in [0.5, 0.6) is 0 Å². The predicted molar refractivity (Wildman–Crippen MR) is 103 cm³/mol. The van der Waals surface area contributed by atoms with Gasteiger partial charge in [0.05, 0.1) is 11.3 Å². The number of anilines is 2. The van der Waals surface area contributed by atoms with Gasteiger partial charge in [-0.25, -0.2) is 0 Å². The molecule has 2 aliphatic rings. The van der Waals surface area contributed by atoms with Crippen LogP contribution >= 0.6 is 11.6 Å². The molecule has 0 spiro atoms. The summed E-state index contributed by atoms with van der Waals surface area (Å²) in [7, 11) is 0. The molecular weight excluding hydrogens is 350 g/mol. The van der Waals surface area contributed by atoms with Crippen LogP contribution in [0, 0.1) is 0 Å². The van der Waals surface area contributed by atoms with Gasteiger partial charge in [0.2, 0.25) is 0 Å². The molecule has 5 nitrogen and oxygen atoms in total. The van der Waals surface area contributed by atoms with Crippen molar-refractivity contribution in [3.05, 3.63) is 58.6 Å². The van der Waals surface area contributed by atoms with Gasteiger partial charge >= 0.3 is 0 Å². The molecule has 1 atom stereocenters. The number of fused-ring (bicyclic) bond motifs is 2. The quantitative estimate of drug-likeness (QED) is 0.889. The highest BCUT2D eigenvalue weighted by atomic mass is 35.5. The van der Waals surface area contributed by atoms with Crippen molar-refractivity contribution in [1.82, 2.24) is 4.90 Å². The van der Waals surface area contributed by atoms with E-state index in [-0.39, 0.29) is 18.0 Å². The standard InChI is InChI=1S/C20H20ClN3O2/c1-2-23-17-11-13(19(25)22-15-6-3-5-14(21)12-15)8-9-16(17)20(26)24-10-4-7-18(23)24/h3,5-6,8-9,11-12,18H,2,4,7,10H2,1H3,(H,22,25). The summed E-state index contributed by atoms with van der Waals surface area (Å²) in [6, 6.07) is 12.3. The second-order valence-electron chi connectivity index (χ2n) is 6.60. The van der Waals surface area contributed by atoms with Crippen molar-refractivity contribution in [3.8, 4) is 0 Å². The normalized spacial score (nSPS) is 18.5. The number of hydrogen-bond acceptors (Lipinski definition) is 3. The smallest absolute Gasteiger partial charge is 0.257 e. The van der Waals surface area contributed by atoms with Gasteiger partial charge in [0.25, 0.3) is 11.8 Å². The molecule has 0 bridgehead atoms. The van der Waals surface area contributed by atoms with E-state index < -0.39 is 0 Å². The van der Waals surface area contributed by atoms with Gasteiger partial charge in [0.15, 0.2) is 0 Å². The first-order chi connectivity index (χ1) is 12.6. The molecule has 2 aromatic carbocycles. The number of carbonyl (C=O) groups is 2. The highest BCUT2D eigenvalue weighted by molar-refractivity contribution is 6.31. The highest BCUT2D eigenvalue weighted by Crippen LogP contribution is 2.36. The third kappa shape index (κ3) is 2.82. The van der Waals surface area contributed by atoms with Gasteiger partial charge < -0.3 is 15.1 Å². The van der Waals surface area contributed by atoms with Crippen LogP contribution in [-0.2, 0) is 0 Å². The Labute approximate surface area is 157 Å². The summed E-state index contributed by atoms with van der Waals surface area (Å²) < 4.78 is 0. The number of rotatable bonds is 3. The fourth-order valence-corrected chi connectivity index (χ4v) is 4.06. The van der Waals surface area contributed by atoms with Crippen molar-refractivity contribution < 1.29 is 9.59 Å². The van der Waals surface area contributed by atoms with Crippen LogP contribution in [0.1, 0.15) is 40.5 Å². The molecule has 134 valence electrons. The minimum atomic E-state index is -0.215. The van der Waals surface area contributed by atoms with E-state index in [9.17, 15) is 9.59 Å². The molecule has 4 rings (SSSR count). The first kappa shape index (κ1) is 16.9. The number of nitrogens with zero attached hydrogens (tertiary/aromatic N) is 2. The van der Waals surface area contributed by atoms with Crippen LogP contribution in [0.25, 0.3) is 0 Å². The molecule has 1 unspecified atom stereocenters. The zero-order valence-corrected chi connectivity index (χ0v) is 15.3. The second kappa shape index (κ2) is 6.65. The van der Waals surface area contributed by atoms with Crippen LogP contribution in [0.2, 0.25) is 5.02 Å². The summed E-state index contributed by atoms with van der Waals surface area (Å²) in [5, 5.41) is 3.43. The lowest BCUT2D eigenvalue weighted by Crippen LogP contribution is -2.52. The minimum absolute atomic E-state index is 0.0639. The molecule has 2 aliphatic heterocycles. The van der Waals surface area contributed by atoms with Gasteiger partial charge in [-0.2, -0.15) is 0 Å². The number of carbonyl (C=O) groups excluding carboxylic acids is 2. The van der Waals surface area contributed by atoms with Gasteiger partial charge in [-0.05, 0) is 56.2 Å². The van der Waals surface area contributed by atoms with E-state index in [0.717, 1.165) is 31.6 Å². The maximum Gasteiger partial charge on any atom is 0.257 e. The first-order valence-corrected chi connectivity index (χ1v) is 9.25. The van der Waals surface area contributed by atoms with Crippen LogP contribution < -0.4 is 10.2 Å². The molecule has 0 radical (unpaired) electrons. The highest BCUT2D eigenvalue weighted by Gasteiger charge is 2.39. The lowest BCUT2D eigenvalue weighted by molar-refractivity contribution is 0.0715. The van der Waals surface area contributed by atoms with Crippen molar-refractivity contribution >= 4 is 34.8 Å². The van der Waals surface area contributed by atoms with Crippen LogP contribution in [-0.4, -0.2) is 36.0 Å². The topological polar surface area (TPSA) is 52.7 Å². The lowest BCUT2D eigenvalue weighted by atomic mass is 10.0. The Morgan fingerprint density at radius 3 is 2.88 bits per heavy atom. The maximum atomic E-state index is 12.8. The Balaban J connectivity index is 1.66. The van der Waals surface area contributed by atoms with Crippen molar-refractivity contribution in [3.63, 3.8) is 0 Å². The SMILES string of the molecule is CCN1c2cc(C(=O)Nc3cccc(Cl)c3)ccc2C(=O)N2CCCC21. The molecule has 0 aliphatic carbocycles. The molecule has 6 heteroatoms. The van der Waals surface area contributed by atoms with Gasteiger partial charge in [-0.15, -0.1) is 0 Å². The summed E-state index contributed by atoms with van der Waals surface area (Å²) in [4.78, 5) is 29.6. The number of hydrogen-bond donors (Lipinski definition) is 1. The number of amides is 2. The molecule has 2 aromatic rings. The Morgan fingerprint density at radius 2 is 2.12 bits per heavy atom. The Kier molecular flexibility index (Phi) is 4.32. The Hall–Kier alpha value is -2.53. The van der Waals surface area contributed by atoms with E-state index >= 15 is 0 Å². The summed E-state index contributed by atoms with van der Waals surface area (Å²) in [6.07, 6.45) is 2.09. The van der Waals surface area contributed by atoms with E-state index in [1.807, 2.05) is 11.0 Å². The molecule has 26 heavy (non-hydrogen) atoms. The number of benzene rings is 2. The molecular formula is C20H20ClN3O2. The molecule has 0 aromatic heterocycles. The van der Waals surface area contributed by atoms with Crippen molar-refractivity contribution in [2.45, 2.75) is 25.9 Å². The summed E-state index contributed by atoms with van der Waals surface area (Å²) in [6.45, 7) is 3.67. The fraction of sp³-hybridized carbons (Fsp3) is 0.300. The zero-order valence-electron chi connectivity index (χ0n) is 14.5. The Morgan fingerprint density at radius 1 is 1.27 bits per heavy atom. The van der Waals surface area contributed by atoms with E-state index in [0.29, 0.717) is 21.8 Å². The number of nitrogens with one attached hydrogen (secondary N) is 1. The molecule has 0 saturated carbocycles. The summed E-state index contributed by atoms with van der Waals surface area (Å²) >= 11 is 5.97. The summed E-state index contributed by atoms with van der Waals surface area (Å²) in [5.74, 6) is -0.151. The van der Waals surface area contributed by atoms with Gasteiger partial charge in [-0.3, -0.25) is 9.59 Å². The van der Waals surface area contributed by atoms with Crippen molar-refractivity contribution in [1.29, 1.82) is 0 Å². The second-order valence-corrected chi connectivity index (χ2v) is 7.04. The van der Waals surface area contributed by atoms with Crippen molar-refractivity contribution in [2.24, 2.45) is 0 Å². The lowest BCUT2D eigenvalue weighted by Gasteiger charge is -2.41. The van der Waals surface area contributed by atoms with E-state index in [1.165, 1.54) is 0 Å². The van der Waals surface area contributed by atoms with Crippen LogP contribution in [0.15, 0.2) is 42.5 Å². The molecule has 2 amide bonds. The predicted octanol–water partition coefficient (Wildman–Crippen LogP) is 3.99. The summed E-state index contributed by atoms with van der Waals surface area (Å²) in [5.41, 5.74) is 2.69. The molecule has 1 fully saturated rings. The molecule has 2 heterocycles. The average Bonchev–Trinajstić information content (AvgIpc) is 3.11. The largest absolute Gasteiger partial charge is 0.351 e. The van der Waals surface area contributed by atoms with Gasteiger partial charge in [0, 0.05) is 29.4 Å². The van der Waals surface area contributed by atoms with Crippen molar-refractivity contribution in [2.75, 3.05) is 23.3 Å². The first-order valence-electron chi connectivity index (χ1n) is 8.87. The van der Waals surface area contributed by atoms with Gasteiger partial charge in [-0.1, -0.05) is 17.7 Å². The average molecular weight is 370 g/mol. The number of halogens is 1. The fourth-order valence-electron chi connectivity index (χ4n) is 3.87.